The molecule has 3 N–H and O–H groups in total. The molecule has 0 aromatic heterocycles. The quantitative estimate of drug-likeness (QED) is 0.686. The standard InChI is InChI=1S/C16H22F3N3O3S/c1-15(5-7-20-8-6-15)10-22-26(24,25)13-4-2-3-12(9-13)14(23)21-11-16(17,18)19/h2-4,9,20,22H,5-8,10-11H2,1H3,(H,21,23). The van der Waals surface area contributed by atoms with E-state index in [-0.39, 0.29) is 22.4 Å². The number of carbonyl (C=O) groups is 1. The van der Waals surface area contributed by atoms with Gasteiger partial charge in [0.15, 0.2) is 0 Å². The number of amides is 1. The smallest absolute Gasteiger partial charge is 0.343 e. The molecule has 0 radical (unpaired) electrons. The molecule has 1 fully saturated rings. The summed E-state index contributed by atoms with van der Waals surface area (Å²) in [4.78, 5) is 11.6. The van der Waals surface area contributed by atoms with Crippen LogP contribution in [0.5, 0.6) is 0 Å². The number of benzene rings is 1. The van der Waals surface area contributed by atoms with E-state index in [0.29, 0.717) is 0 Å². The number of hydrogen-bond acceptors (Lipinski definition) is 4. The Morgan fingerprint density at radius 1 is 1.27 bits per heavy atom. The van der Waals surface area contributed by atoms with Gasteiger partial charge in [-0.1, -0.05) is 13.0 Å². The van der Waals surface area contributed by atoms with Crippen molar-refractivity contribution in [1.82, 2.24) is 15.4 Å². The lowest BCUT2D eigenvalue weighted by Crippen LogP contribution is -2.42. The Balaban J connectivity index is 2.06. The zero-order chi connectivity index (χ0) is 19.4. The fourth-order valence-electron chi connectivity index (χ4n) is 2.65. The third-order valence-corrected chi connectivity index (χ3v) is 5.75. The third-order valence-electron chi connectivity index (χ3n) is 4.36. The molecule has 0 bridgehead atoms. The first-order chi connectivity index (χ1) is 12.0. The fraction of sp³-hybridized carbons (Fsp3) is 0.562. The van der Waals surface area contributed by atoms with Gasteiger partial charge in [0.25, 0.3) is 5.91 Å². The van der Waals surface area contributed by atoms with Crippen molar-refractivity contribution in [2.45, 2.75) is 30.8 Å². The number of piperidine rings is 1. The monoisotopic (exact) mass is 393 g/mol. The molecule has 0 spiro atoms. The van der Waals surface area contributed by atoms with Crippen LogP contribution in [-0.4, -0.2) is 46.7 Å². The van der Waals surface area contributed by atoms with E-state index in [0.717, 1.165) is 32.0 Å². The van der Waals surface area contributed by atoms with E-state index in [1.54, 1.807) is 5.32 Å². The zero-order valence-corrected chi connectivity index (χ0v) is 15.1. The average Bonchev–Trinajstić information content (AvgIpc) is 2.58. The number of alkyl halides is 3. The first-order valence-corrected chi connectivity index (χ1v) is 9.65. The van der Waals surface area contributed by atoms with Crippen LogP contribution in [0, 0.1) is 5.41 Å². The Morgan fingerprint density at radius 3 is 2.54 bits per heavy atom. The van der Waals surface area contributed by atoms with Crippen LogP contribution >= 0.6 is 0 Å². The maximum absolute atomic E-state index is 12.5. The molecule has 146 valence electrons. The molecule has 1 amide bonds. The number of hydrogen-bond donors (Lipinski definition) is 3. The Labute approximate surface area is 150 Å². The molecule has 0 saturated carbocycles. The minimum Gasteiger partial charge on any atom is -0.343 e. The second-order valence-corrected chi connectivity index (χ2v) is 8.48. The van der Waals surface area contributed by atoms with Gasteiger partial charge in [-0.25, -0.2) is 13.1 Å². The summed E-state index contributed by atoms with van der Waals surface area (Å²) in [5.41, 5.74) is -0.315. The number of nitrogens with one attached hydrogen (secondary N) is 3. The lowest BCUT2D eigenvalue weighted by molar-refractivity contribution is -0.123. The fourth-order valence-corrected chi connectivity index (χ4v) is 3.89. The van der Waals surface area contributed by atoms with Gasteiger partial charge in [-0.05, 0) is 49.5 Å². The molecule has 0 aliphatic carbocycles. The van der Waals surface area contributed by atoms with Crippen LogP contribution in [0.2, 0.25) is 0 Å². The molecule has 1 heterocycles. The second-order valence-electron chi connectivity index (χ2n) is 6.71. The molecule has 0 unspecified atom stereocenters. The van der Waals surface area contributed by atoms with E-state index in [4.69, 9.17) is 0 Å². The third kappa shape index (κ3) is 5.96. The highest BCUT2D eigenvalue weighted by atomic mass is 32.2. The molecule has 6 nitrogen and oxygen atoms in total. The minimum absolute atomic E-state index is 0.148. The predicted octanol–water partition coefficient (Wildman–Crippen LogP) is 1.65. The molecular formula is C16H22F3N3O3S. The van der Waals surface area contributed by atoms with Crippen molar-refractivity contribution in [2.75, 3.05) is 26.2 Å². The van der Waals surface area contributed by atoms with E-state index >= 15 is 0 Å². The summed E-state index contributed by atoms with van der Waals surface area (Å²) in [6, 6.07) is 4.95. The largest absolute Gasteiger partial charge is 0.405 e. The topological polar surface area (TPSA) is 87.3 Å². The summed E-state index contributed by atoms with van der Waals surface area (Å²) < 4.78 is 64.0. The normalized spacial score (nSPS) is 17.7. The van der Waals surface area contributed by atoms with Gasteiger partial charge in [0.05, 0.1) is 4.90 Å². The second kappa shape index (κ2) is 7.93. The first kappa shape index (κ1) is 20.7. The van der Waals surface area contributed by atoms with Crippen LogP contribution in [0.3, 0.4) is 0 Å². The van der Waals surface area contributed by atoms with Crippen LogP contribution < -0.4 is 15.4 Å². The van der Waals surface area contributed by atoms with Crippen molar-refractivity contribution in [3.05, 3.63) is 29.8 Å². The molecule has 1 aliphatic rings. The molecule has 1 aromatic carbocycles. The van der Waals surface area contributed by atoms with Crippen molar-refractivity contribution in [1.29, 1.82) is 0 Å². The predicted molar refractivity (Wildman–Crippen MR) is 90.2 cm³/mol. The summed E-state index contributed by atoms with van der Waals surface area (Å²) in [6.07, 6.45) is -2.88. The highest BCUT2D eigenvalue weighted by molar-refractivity contribution is 7.89. The summed E-state index contributed by atoms with van der Waals surface area (Å²) >= 11 is 0. The molecule has 0 atom stereocenters. The van der Waals surface area contributed by atoms with Crippen molar-refractivity contribution in [3.8, 4) is 0 Å². The van der Waals surface area contributed by atoms with Gasteiger partial charge in [-0.15, -0.1) is 0 Å². The highest BCUT2D eigenvalue weighted by Crippen LogP contribution is 2.27. The SMILES string of the molecule is CC1(CNS(=O)(=O)c2cccc(C(=O)NCC(F)(F)F)c2)CCNCC1. The lowest BCUT2D eigenvalue weighted by atomic mass is 9.81. The first-order valence-electron chi connectivity index (χ1n) is 8.16. The van der Waals surface area contributed by atoms with Crippen LogP contribution in [-0.2, 0) is 10.0 Å². The molecule has 1 aliphatic heterocycles. The van der Waals surface area contributed by atoms with Crippen LogP contribution in [0.4, 0.5) is 13.2 Å². The Bertz CT molecular complexity index is 745. The van der Waals surface area contributed by atoms with E-state index in [1.165, 1.54) is 18.2 Å². The average molecular weight is 393 g/mol. The summed E-state index contributed by atoms with van der Waals surface area (Å²) in [5, 5.41) is 4.93. The van der Waals surface area contributed by atoms with Gasteiger partial charge in [0.1, 0.15) is 6.54 Å². The molecule has 1 saturated heterocycles. The van der Waals surface area contributed by atoms with E-state index in [1.807, 2.05) is 6.92 Å². The van der Waals surface area contributed by atoms with Gasteiger partial charge < -0.3 is 10.6 Å². The minimum atomic E-state index is -4.54. The molecule has 26 heavy (non-hydrogen) atoms. The summed E-state index contributed by atoms with van der Waals surface area (Å²) in [5.74, 6) is -0.982. The van der Waals surface area contributed by atoms with Crippen molar-refractivity contribution in [3.63, 3.8) is 0 Å². The number of sulfonamides is 1. The van der Waals surface area contributed by atoms with Gasteiger partial charge in [-0.3, -0.25) is 4.79 Å². The maximum Gasteiger partial charge on any atom is 0.405 e. The number of rotatable bonds is 6. The number of halogens is 3. The summed E-state index contributed by atoms with van der Waals surface area (Å²) in [6.45, 7) is 2.40. The Morgan fingerprint density at radius 2 is 1.92 bits per heavy atom. The van der Waals surface area contributed by atoms with Gasteiger partial charge >= 0.3 is 6.18 Å². The van der Waals surface area contributed by atoms with Gasteiger partial charge in [0, 0.05) is 12.1 Å². The zero-order valence-electron chi connectivity index (χ0n) is 14.3. The summed E-state index contributed by atoms with van der Waals surface area (Å²) in [7, 11) is -3.87. The van der Waals surface area contributed by atoms with Crippen molar-refractivity contribution in [2.24, 2.45) is 5.41 Å². The van der Waals surface area contributed by atoms with Crippen LogP contribution in [0.15, 0.2) is 29.2 Å². The van der Waals surface area contributed by atoms with Crippen LogP contribution in [0.25, 0.3) is 0 Å². The van der Waals surface area contributed by atoms with Crippen molar-refractivity contribution >= 4 is 15.9 Å². The molecular weight excluding hydrogens is 371 g/mol. The Kier molecular flexibility index (Phi) is 6.30. The highest BCUT2D eigenvalue weighted by Gasteiger charge is 2.30. The number of carbonyl (C=O) groups excluding carboxylic acids is 1. The molecule has 2 rings (SSSR count). The van der Waals surface area contributed by atoms with Gasteiger partial charge in [0.2, 0.25) is 10.0 Å². The van der Waals surface area contributed by atoms with E-state index < -0.39 is 28.7 Å². The maximum atomic E-state index is 12.5. The van der Waals surface area contributed by atoms with E-state index in [9.17, 15) is 26.4 Å². The molecule has 10 heteroatoms. The van der Waals surface area contributed by atoms with E-state index in [2.05, 4.69) is 10.0 Å². The Hall–Kier alpha value is -1.65. The van der Waals surface area contributed by atoms with Crippen molar-refractivity contribution < 1.29 is 26.4 Å². The lowest BCUT2D eigenvalue weighted by Gasteiger charge is -2.34. The van der Waals surface area contributed by atoms with Crippen LogP contribution in [0.1, 0.15) is 30.1 Å². The molecule has 1 aromatic rings. The van der Waals surface area contributed by atoms with Gasteiger partial charge in [-0.2, -0.15) is 13.2 Å².